The van der Waals surface area contributed by atoms with Crippen molar-refractivity contribution in [3.63, 3.8) is 0 Å². The first kappa shape index (κ1) is 18.7. The SMILES string of the molecule is COc1ccc(C(N)CC2CCN(C(=O)O)CC2)cn1.O=CO. The maximum Gasteiger partial charge on any atom is 0.407 e. The van der Waals surface area contributed by atoms with Crippen molar-refractivity contribution < 1.29 is 24.5 Å². The number of nitrogens with zero attached hydrogens (tertiary/aromatic N) is 2. The Kier molecular flexibility index (Phi) is 7.82. The van der Waals surface area contributed by atoms with Crippen LogP contribution in [-0.2, 0) is 4.79 Å². The van der Waals surface area contributed by atoms with E-state index in [1.165, 1.54) is 4.90 Å². The fourth-order valence-electron chi connectivity index (χ4n) is 2.59. The molecule has 0 spiro atoms. The number of piperidine rings is 1. The van der Waals surface area contributed by atoms with Crippen LogP contribution in [0.5, 0.6) is 5.88 Å². The molecule has 1 amide bonds. The van der Waals surface area contributed by atoms with Gasteiger partial charge in [-0.05, 0) is 30.7 Å². The summed E-state index contributed by atoms with van der Waals surface area (Å²) >= 11 is 0. The molecule has 1 aromatic heterocycles. The number of ether oxygens (including phenoxy) is 1. The van der Waals surface area contributed by atoms with Gasteiger partial charge in [-0.25, -0.2) is 9.78 Å². The predicted molar refractivity (Wildman–Crippen MR) is 83.3 cm³/mol. The Balaban J connectivity index is 0.000000816. The number of hydrogen-bond acceptors (Lipinski definition) is 5. The van der Waals surface area contributed by atoms with Crippen LogP contribution in [0.4, 0.5) is 4.79 Å². The molecule has 1 unspecified atom stereocenters. The largest absolute Gasteiger partial charge is 0.483 e. The van der Waals surface area contributed by atoms with E-state index in [2.05, 4.69) is 4.98 Å². The summed E-state index contributed by atoms with van der Waals surface area (Å²) in [6.07, 6.45) is 3.54. The Morgan fingerprint density at radius 3 is 2.57 bits per heavy atom. The van der Waals surface area contributed by atoms with Gasteiger partial charge in [0, 0.05) is 31.4 Å². The van der Waals surface area contributed by atoms with Crippen molar-refractivity contribution in [1.82, 2.24) is 9.88 Å². The summed E-state index contributed by atoms with van der Waals surface area (Å²) in [5, 5.41) is 15.8. The van der Waals surface area contributed by atoms with Gasteiger partial charge in [-0.15, -0.1) is 0 Å². The Bertz CT molecular complexity index is 486. The van der Waals surface area contributed by atoms with Gasteiger partial charge in [0.1, 0.15) is 0 Å². The second kappa shape index (κ2) is 9.62. The highest BCUT2D eigenvalue weighted by Crippen LogP contribution is 2.27. The standard InChI is InChI=1S/C14H21N3O3.CH2O2/c1-20-13-3-2-11(9-16-13)12(15)8-10-4-6-17(7-5-10)14(18)19;2-1-3/h2-3,9-10,12H,4-8,15H2,1H3,(H,18,19);1H,(H,2,3). The summed E-state index contributed by atoms with van der Waals surface area (Å²) in [6, 6.07) is 3.68. The quantitative estimate of drug-likeness (QED) is 0.717. The van der Waals surface area contributed by atoms with Gasteiger partial charge in [-0.2, -0.15) is 0 Å². The maximum absolute atomic E-state index is 10.8. The molecule has 1 atom stereocenters. The topological polar surface area (TPSA) is 126 Å². The average molecular weight is 325 g/mol. The zero-order valence-corrected chi connectivity index (χ0v) is 13.1. The van der Waals surface area contributed by atoms with Crippen molar-refractivity contribution in [2.75, 3.05) is 20.2 Å². The number of amides is 1. The molecule has 2 heterocycles. The number of nitrogens with two attached hydrogens (primary N) is 1. The van der Waals surface area contributed by atoms with Gasteiger partial charge in [0.25, 0.3) is 6.47 Å². The highest BCUT2D eigenvalue weighted by atomic mass is 16.5. The summed E-state index contributed by atoms with van der Waals surface area (Å²) in [5.41, 5.74) is 7.19. The van der Waals surface area contributed by atoms with Crippen LogP contribution in [0.25, 0.3) is 0 Å². The number of methoxy groups -OCH3 is 1. The van der Waals surface area contributed by atoms with Crippen LogP contribution in [-0.4, -0.2) is 52.9 Å². The molecule has 1 saturated heterocycles. The number of rotatable bonds is 4. The van der Waals surface area contributed by atoms with Crippen molar-refractivity contribution in [2.24, 2.45) is 11.7 Å². The molecule has 2 rings (SSSR count). The number of hydrogen-bond donors (Lipinski definition) is 3. The maximum atomic E-state index is 10.8. The van der Waals surface area contributed by atoms with Crippen molar-refractivity contribution in [1.29, 1.82) is 0 Å². The van der Waals surface area contributed by atoms with E-state index < -0.39 is 6.09 Å². The van der Waals surface area contributed by atoms with E-state index >= 15 is 0 Å². The first-order valence-electron chi connectivity index (χ1n) is 7.33. The summed E-state index contributed by atoms with van der Waals surface area (Å²) in [4.78, 5) is 24.8. The van der Waals surface area contributed by atoms with E-state index in [0.29, 0.717) is 24.9 Å². The van der Waals surface area contributed by atoms with Gasteiger partial charge in [-0.3, -0.25) is 4.79 Å². The first-order chi connectivity index (χ1) is 11.0. The van der Waals surface area contributed by atoms with Gasteiger partial charge < -0.3 is 25.6 Å². The molecular weight excluding hydrogens is 302 g/mol. The molecule has 8 heteroatoms. The highest BCUT2D eigenvalue weighted by Gasteiger charge is 2.24. The minimum Gasteiger partial charge on any atom is -0.483 e. The molecule has 4 N–H and O–H groups in total. The number of pyridine rings is 1. The molecule has 0 aliphatic carbocycles. The minimum absolute atomic E-state index is 0.0604. The Hall–Kier alpha value is -2.35. The molecule has 0 bridgehead atoms. The third-order valence-electron chi connectivity index (χ3n) is 3.87. The third kappa shape index (κ3) is 6.11. The molecule has 1 aromatic rings. The lowest BCUT2D eigenvalue weighted by molar-refractivity contribution is -0.122. The molecule has 128 valence electrons. The summed E-state index contributed by atoms with van der Waals surface area (Å²) in [7, 11) is 1.58. The van der Waals surface area contributed by atoms with E-state index in [9.17, 15) is 4.79 Å². The molecule has 0 saturated carbocycles. The van der Waals surface area contributed by atoms with Crippen molar-refractivity contribution in [3.8, 4) is 5.88 Å². The average Bonchev–Trinajstić information content (AvgIpc) is 2.56. The van der Waals surface area contributed by atoms with Gasteiger partial charge in [-0.1, -0.05) is 6.07 Å². The lowest BCUT2D eigenvalue weighted by Gasteiger charge is -2.31. The van der Waals surface area contributed by atoms with Crippen LogP contribution in [0.3, 0.4) is 0 Å². The molecule has 1 aliphatic heterocycles. The van der Waals surface area contributed by atoms with Crippen molar-refractivity contribution in [3.05, 3.63) is 23.9 Å². The molecule has 0 radical (unpaired) electrons. The van der Waals surface area contributed by atoms with Crippen LogP contribution in [0.1, 0.15) is 30.9 Å². The second-order valence-electron chi connectivity index (χ2n) is 5.29. The number of aromatic nitrogens is 1. The van der Waals surface area contributed by atoms with Crippen molar-refractivity contribution in [2.45, 2.75) is 25.3 Å². The normalized spacial score (nSPS) is 16.0. The third-order valence-corrected chi connectivity index (χ3v) is 3.87. The summed E-state index contributed by atoms with van der Waals surface area (Å²) in [6.45, 7) is 0.959. The summed E-state index contributed by atoms with van der Waals surface area (Å²) in [5.74, 6) is 1.05. The predicted octanol–water partition coefficient (Wildman–Crippen LogP) is 1.57. The van der Waals surface area contributed by atoms with Crippen LogP contribution < -0.4 is 10.5 Å². The minimum atomic E-state index is -0.827. The van der Waals surface area contributed by atoms with Gasteiger partial charge in [0.05, 0.1) is 7.11 Å². The van der Waals surface area contributed by atoms with Gasteiger partial charge in [0.2, 0.25) is 5.88 Å². The lowest BCUT2D eigenvalue weighted by atomic mass is 9.88. The molecule has 1 aliphatic rings. The smallest absolute Gasteiger partial charge is 0.407 e. The van der Waals surface area contributed by atoms with Crippen LogP contribution in [0, 0.1) is 5.92 Å². The van der Waals surface area contributed by atoms with E-state index in [0.717, 1.165) is 24.8 Å². The Labute approximate surface area is 134 Å². The zero-order valence-electron chi connectivity index (χ0n) is 13.1. The van der Waals surface area contributed by atoms with Crippen LogP contribution in [0.15, 0.2) is 18.3 Å². The lowest BCUT2D eigenvalue weighted by Crippen LogP contribution is -2.38. The highest BCUT2D eigenvalue weighted by molar-refractivity contribution is 5.64. The monoisotopic (exact) mass is 325 g/mol. The Morgan fingerprint density at radius 2 is 2.13 bits per heavy atom. The molecule has 8 nitrogen and oxygen atoms in total. The van der Waals surface area contributed by atoms with Gasteiger partial charge >= 0.3 is 6.09 Å². The van der Waals surface area contributed by atoms with Crippen LogP contribution >= 0.6 is 0 Å². The second-order valence-corrected chi connectivity index (χ2v) is 5.29. The number of carbonyl (C=O) groups is 2. The summed E-state index contributed by atoms with van der Waals surface area (Å²) < 4.78 is 5.02. The molecule has 23 heavy (non-hydrogen) atoms. The molecular formula is C15H23N3O5. The Morgan fingerprint density at radius 1 is 1.52 bits per heavy atom. The molecule has 1 fully saturated rings. The number of likely N-dealkylation sites (tertiary alicyclic amines) is 1. The van der Waals surface area contributed by atoms with E-state index in [4.69, 9.17) is 25.5 Å². The first-order valence-corrected chi connectivity index (χ1v) is 7.33. The van der Waals surface area contributed by atoms with E-state index in [1.54, 1.807) is 13.3 Å². The van der Waals surface area contributed by atoms with E-state index in [1.807, 2.05) is 12.1 Å². The van der Waals surface area contributed by atoms with Crippen LogP contribution in [0.2, 0.25) is 0 Å². The van der Waals surface area contributed by atoms with Gasteiger partial charge in [0.15, 0.2) is 0 Å². The fourth-order valence-corrected chi connectivity index (χ4v) is 2.59. The molecule has 0 aromatic carbocycles. The van der Waals surface area contributed by atoms with E-state index in [-0.39, 0.29) is 12.5 Å². The number of carboxylic acid groups (broad SMARTS) is 2. The van der Waals surface area contributed by atoms with Crippen molar-refractivity contribution >= 4 is 12.6 Å². The zero-order chi connectivity index (χ0) is 17.2. The fraction of sp³-hybridized carbons (Fsp3) is 0.533.